The molecule has 0 radical (unpaired) electrons. The van der Waals surface area contributed by atoms with Crippen molar-refractivity contribution in [3.05, 3.63) is 65.2 Å². The number of carbonyl (C=O) groups is 1. The molecule has 148 valence electrons. The van der Waals surface area contributed by atoms with Crippen LogP contribution in [0.4, 0.5) is 4.79 Å². The van der Waals surface area contributed by atoms with Crippen LogP contribution in [0.1, 0.15) is 30.0 Å². The number of oxime groups is 1. The Hall–Kier alpha value is -3.02. The number of aryl methyl sites for hydroxylation is 1. The minimum Gasteiger partial charge on any atom is -0.497 e. The number of urea groups is 1. The van der Waals surface area contributed by atoms with Crippen molar-refractivity contribution in [1.29, 1.82) is 0 Å². The van der Waals surface area contributed by atoms with E-state index in [9.17, 15) is 4.79 Å². The highest BCUT2D eigenvalue weighted by Crippen LogP contribution is 2.21. The molecule has 1 atom stereocenters. The van der Waals surface area contributed by atoms with Crippen LogP contribution < -0.4 is 10.1 Å². The number of methoxy groups -OCH3 is 1. The lowest BCUT2D eigenvalue weighted by Crippen LogP contribution is -2.43. The monoisotopic (exact) mass is 381 g/mol. The van der Waals surface area contributed by atoms with Gasteiger partial charge in [0.1, 0.15) is 5.75 Å². The Kier molecular flexibility index (Phi) is 6.53. The molecule has 0 spiro atoms. The van der Waals surface area contributed by atoms with Crippen LogP contribution in [-0.4, -0.2) is 42.9 Å². The van der Waals surface area contributed by atoms with Crippen LogP contribution >= 0.6 is 0 Å². The minimum atomic E-state index is -0.164. The Morgan fingerprint density at radius 3 is 2.86 bits per heavy atom. The molecule has 0 saturated carbocycles. The number of rotatable bonds is 7. The van der Waals surface area contributed by atoms with E-state index in [0.717, 1.165) is 22.6 Å². The van der Waals surface area contributed by atoms with Gasteiger partial charge in [-0.05, 0) is 37.1 Å². The Morgan fingerprint density at radius 2 is 2.11 bits per heavy atom. The van der Waals surface area contributed by atoms with Gasteiger partial charge in [-0.25, -0.2) is 4.79 Å². The first-order valence-electron chi connectivity index (χ1n) is 9.55. The zero-order valence-corrected chi connectivity index (χ0v) is 16.6. The van der Waals surface area contributed by atoms with Crippen molar-refractivity contribution < 1.29 is 14.4 Å². The molecule has 1 aliphatic rings. The van der Waals surface area contributed by atoms with Gasteiger partial charge in [-0.1, -0.05) is 41.6 Å². The quantitative estimate of drug-likeness (QED) is 0.795. The number of amides is 2. The average Bonchev–Trinajstić information content (AvgIpc) is 3.16. The van der Waals surface area contributed by atoms with E-state index in [1.165, 1.54) is 5.56 Å². The number of hydrogen-bond donors (Lipinski definition) is 1. The molecular formula is C22H27N3O3. The second kappa shape index (κ2) is 9.26. The average molecular weight is 381 g/mol. The van der Waals surface area contributed by atoms with Gasteiger partial charge in [0.2, 0.25) is 0 Å². The van der Waals surface area contributed by atoms with Gasteiger partial charge in [0.25, 0.3) is 0 Å². The van der Waals surface area contributed by atoms with E-state index >= 15 is 0 Å². The van der Waals surface area contributed by atoms with Gasteiger partial charge in [-0.15, -0.1) is 0 Å². The lowest BCUT2D eigenvalue weighted by molar-refractivity contribution is 0.0590. The second-order valence-electron chi connectivity index (χ2n) is 6.85. The van der Waals surface area contributed by atoms with Gasteiger partial charge < -0.3 is 19.8 Å². The van der Waals surface area contributed by atoms with Gasteiger partial charge in [0.15, 0.2) is 6.10 Å². The van der Waals surface area contributed by atoms with Crippen LogP contribution in [0.25, 0.3) is 0 Å². The largest absolute Gasteiger partial charge is 0.497 e. The van der Waals surface area contributed by atoms with Gasteiger partial charge in [0, 0.05) is 25.1 Å². The Labute approximate surface area is 166 Å². The Morgan fingerprint density at radius 1 is 1.29 bits per heavy atom. The molecule has 6 nitrogen and oxygen atoms in total. The van der Waals surface area contributed by atoms with E-state index < -0.39 is 0 Å². The SMILES string of the molecule is CCNC(=O)N(Cc1cccc(OC)c1)C[C@H]1CC(c2ccccc2C)=NO1. The highest BCUT2D eigenvalue weighted by Gasteiger charge is 2.27. The van der Waals surface area contributed by atoms with Crippen molar-refractivity contribution in [3.8, 4) is 5.75 Å². The third kappa shape index (κ3) is 4.82. The standard InChI is InChI=1S/C22H27N3O3/c1-4-23-22(26)25(14-17-9-7-10-18(12-17)27-3)15-19-13-21(24-28-19)20-11-6-5-8-16(20)2/h5-12,19H,4,13-15H2,1-3H3,(H,23,26)/t19-/m1/s1. The first kappa shape index (κ1) is 19.7. The summed E-state index contributed by atoms with van der Waals surface area (Å²) in [5, 5.41) is 7.16. The normalized spacial score (nSPS) is 15.5. The highest BCUT2D eigenvalue weighted by molar-refractivity contribution is 6.02. The first-order chi connectivity index (χ1) is 13.6. The van der Waals surface area contributed by atoms with Crippen molar-refractivity contribution in [2.45, 2.75) is 32.9 Å². The van der Waals surface area contributed by atoms with Crippen LogP contribution in [0.5, 0.6) is 5.75 Å². The zero-order chi connectivity index (χ0) is 19.9. The van der Waals surface area contributed by atoms with E-state index in [-0.39, 0.29) is 12.1 Å². The third-order valence-electron chi connectivity index (χ3n) is 4.74. The number of benzene rings is 2. The first-order valence-corrected chi connectivity index (χ1v) is 9.55. The molecule has 1 heterocycles. The molecule has 0 saturated heterocycles. The molecule has 6 heteroatoms. The molecule has 1 N–H and O–H groups in total. The van der Waals surface area contributed by atoms with E-state index in [2.05, 4.69) is 29.5 Å². The smallest absolute Gasteiger partial charge is 0.317 e. The van der Waals surface area contributed by atoms with Crippen molar-refractivity contribution in [2.75, 3.05) is 20.2 Å². The van der Waals surface area contributed by atoms with Gasteiger partial charge in [-0.2, -0.15) is 0 Å². The predicted octanol–water partition coefficient (Wildman–Crippen LogP) is 3.73. The third-order valence-corrected chi connectivity index (χ3v) is 4.74. The van der Waals surface area contributed by atoms with Crippen molar-refractivity contribution in [3.63, 3.8) is 0 Å². The number of ether oxygens (including phenoxy) is 1. The number of nitrogens with zero attached hydrogens (tertiary/aromatic N) is 2. The summed E-state index contributed by atoms with van der Waals surface area (Å²) in [5.41, 5.74) is 4.20. The summed E-state index contributed by atoms with van der Waals surface area (Å²) in [5.74, 6) is 0.774. The summed E-state index contributed by atoms with van der Waals surface area (Å²) in [4.78, 5) is 20.0. The fraction of sp³-hybridized carbons (Fsp3) is 0.364. The summed E-state index contributed by atoms with van der Waals surface area (Å²) in [7, 11) is 1.64. The van der Waals surface area contributed by atoms with Gasteiger partial charge in [0.05, 0.1) is 19.4 Å². The van der Waals surface area contributed by atoms with Crippen LogP contribution in [0, 0.1) is 6.92 Å². The minimum absolute atomic E-state index is 0.113. The lowest BCUT2D eigenvalue weighted by Gasteiger charge is -2.25. The number of carbonyl (C=O) groups excluding carboxylic acids is 1. The van der Waals surface area contributed by atoms with E-state index in [4.69, 9.17) is 9.57 Å². The van der Waals surface area contributed by atoms with E-state index in [0.29, 0.717) is 26.1 Å². The van der Waals surface area contributed by atoms with Crippen molar-refractivity contribution in [2.24, 2.45) is 5.16 Å². The fourth-order valence-electron chi connectivity index (χ4n) is 3.30. The van der Waals surface area contributed by atoms with E-state index in [1.54, 1.807) is 12.0 Å². The molecule has 1 aliphatic heterocycles. The summed E-state index contributed by atoms with van der Waals surface area (Å²) >= 11 is 0. The lowest BCUT2D eigenvalue weighted by atomic mass is 10.0. The molecule has 2 aromatic rings. The topological polar surface area (TPSA) is 63.2 Å². The molecule has 0 unspecified atom stereocenters. The Bertz CT molecular complexity index is 850. The number of nitrogens with one attached hydrogen (secondary N) is 1. The second-order valence-corrected chi connectivity index (χ2v) is 6.85. The van der Waals surface area contributed by atoms with Gasteiger partial charge in [-0.3, -0.25) is 0 Å². The summed E-state index contributed by atoms with van der Waals surface area (Å²) in [6, 6.07) is 15.8. The molecule has 2 aromatic carbocycles. The molecule has 0 aromatic heterocycles. The zero-order valence-electron chi connectivity index (χ0n) is 16.6. The predicted molar refractivity (Wildman–Crippen MR) is 110 cm³/mol. The number of hydrogen-bond acceptors (Lipinski definition) is 4. The van der Waals surface area contributed by atoms with Crippen molar-refractivity contribution >= 4 is 11.7 Å². The maximum atomic E-state index is 12.6. The highest BCUT2D eigenvalue weighted by atomic mass is 16.6. The van der Waals surface area contributed by atoms with Gasteiger partial charge >= 0.3 is 6.03 Å². The molecule has 3 rings (SSSR count). The van der Waals surface area contributed by atoms with Crippen molar-refractivity contribution in [1.82, 2.24) is 10.2 Å². The summed E-state index contributed by atoms with van der Waals surface area (Å²) in [6.07, 6.45) is 0.515. The van der Waals surface area contributed by atoms with Crippen LogP contribution in [0.2, 0.25) is 0 Å². The van der Waals surface area contributed by atoms with Crippen LogP contribution in [0.15, 0.2) is 53.7 Å². The summed E-state index contributed by atoms with van der Waals surface area (Å²) in [6.45, 7) is 5.48. The molecule has 0 aliphatic carbocycles. The maximum absolute atomic E-state index is 12.6. The molecular weight excluding hydrogens is 354 g/mol. The fourth-order valence-corrected chi connectivity index (χ4v) is 3.30. The molecule has 28 heavy (non-hydrogen) atoms. The van der Waals surface area contributed by atoms with Crippen LogP contribution in [-0.2, 0) is 11.4 Å². The Balaban J connectivity index is 1.68. The van der Waals surface area contributed by atoms with Crippen LogP contribution in [0.3, 0.4) is 0 Å². The molecule has 2 amide bonds. The molecule has 0 bridgehead atoms. The summed E-state index contributed by atoms with van der Waals surface area (Å²) < 4.78 is 5.29. The van der Waals surface area contributed by atoms with E-state index in [1.807, 2.05) is 43.3 Å². The maximum Gasteiger partial charge on any atom is 0.317 e. The molecule has 0 fully saturated rings.